The molecule has 8 heteroatoms. The lowest BCUT2D eigenvalue weighted by Gasteiger charge is -2.21. The zero-order chi connectivity index (χ0) is 61.1. The molecule has 0 bridgehead atoms. The number of aromatic nitrogens is 2. The van der Waals surface area contributed by atoms with Crippen molar-refractivity contribution in [2.24, 2.45) is 71.0 Å². The summed E-state index contributed by atoms with van der Waals surface area (Å²) in [5, 5.41) is 8.54. The number of H-pyrrole nitrogens is 1. The van der Waals surface area contributed by atoms with Gasteiger partial charge >= 0.3 is 0 Å². The summed E-state index contributed by atoms with van der Waals surface area (Å²) in [7, 11) is 0. The molecule has 6 atom stereocenters. The van der Waals surface area contributed by atoms with Crippen molar-refractivity contribution in [2.75, 3.05) is 39.6 Å². The first kappa shape index (κ1) is 73.7. The van der Waals surface area contributed by atoms with Crippen LogP contribution in [0, 0.1) is 71.0 Å². The Bertz CT molecular complexity index is 1850. The zero-order valence-corrected chi connectivity index (χ0v) is 57.4. The van der Waals surface area contributed by atoms with Crippen molar-refractivity contribution in [2.45, 2.75) is 279 Å². The molecular formula is C75H132N2O6. The normalized spacial score (nSPS) is 14.3. The smallest absolute Gasteiger partial charge is 0.203 e. The number of hydrogen-bond donors (Lipinski definition) is 1. The van der Waals surface area contributed by atoms with Crippen LogP contribution in [0.5, 0.6) is 34.5 Å². The van der Waals surface area contributed by atoms with E-state index in [9.17, 15) is 0 Å². The Morgan fingerprint density at radius 3 is 0.747 bits per heavy atom. The summed E-state index contributed by atoms with van der Waals surface area (Å²) in [6.45, 7) is 45.7. The largest absolute Gasteiger partial charge is 0.490 e. The van der Waals surface area contributed by atoms with Crippen LogP contribution in [0.15, 0.2) is 30.3 Å². The third kappa shape index (κ3) is 33.2. The maximum absolute atomic E-state index is 6.89. The van der Waals surface area contributed by atoms with E-state index in [1.54, 1.807) is 0 Å². The van der Waals surface area contributed by atoms with Crippen molar-refractivity contribution in [3.05, 3.63) is 30.3 Å². The minimum Gasteiger partial charge on any atom is -0.490 e. The van der Waals surface area contributed by atoms with Crippen LogP contribution < -0.4 is 28.4 Å². The van der Waals surface area contributed by atoms with Crippen molar-refractivity contribution in [1.82, 2.24) is 10.2 Å². The van der Waals surface area contributed by atoms with Crippen LogP contribution in [0.2, 0.25) is 0 Å². The van der Waals surface area contributed by atoms with E-state index in [-0.39, 0.29) is 0 Å². The van der Waals surface area contributed by atoms with E-state index in [1.165, 1.54) is 116 Å². The summed E-state index contributed by atoms with van der Waals surface area (Å²) in [5.41, 5.74) is 3.57. The highest BCUT2D eigenvalue weighted by atomic mass is 16.5. The summed E-state index contributed by atoms with van der Waals surface area (Å²) in [6.07, 6.45) is 28.2. The van der Waals surface area contributed by atoms with E-state index in [0.29, 0.717) is 80.9 Å². The Hall–Kier alpha value is -3.55. The first-order valence-corrected chi connectivity index (χ1v) is 34.8. The van der Waals surface area contributed by atoms with Gasteiger partial charge in [-0.15, -0.1) is 0 Å². The fourth-order valence-electron chi connectivity index (χ4n) is 11.1. The Labute approximate surface area is 513 Å². The second-order valence-corrected chi connectivity index (χ2v) is 29.2. The van der Waals surface area contributed by atoms with Gasteiger partial charge in [-0.05, 0) is 140 Å². The quantitative estimate of drug-likeness (QED) is 0.0603. The number of aromatic amines is 1. The molecule has 2 aromatic carbocycles. The van der Waals surface area contributed by atoms with Gasteiger partial charge in [0, 0.05) is 11.1 Å². The van der Waals surface area contributed by atoms with Crippen LogP contribution in [0.3, 0.4) is 0 Å². The highest BCUT2D eigenvalue weighted by Gasteiger charge is 2.23. The fraction of sp³-hybridized carbons (Fsp3) is 0.800. The van der Waals surface area contributed by atoms with Gasteiger partial charge in [0.1, 0.15) is 0 Å². The molecule has 0 spiro atoms. The van der Waals surface area contributed by atoms with Crippen molar-refractivity contribution in [1.29, 1.82) is 0 Å². The molecular weight excluding hydrogens is 1020 g/mol. The molecule has 1 heterocycles. The average molecular weight is 1160 g/mol. The van der Waals surface area contributed by atoms with E-state index in [4.69, 9.17) is 33.5 Å². The van der Waals surface area contributed by atoms with Gasteiger partial charge in [0.15, 0.2) is 23.0 Å². The molecule has 3 rings (SSSR count). The van der Waals surface area contributed by atoms with Gasteiger partial charge in [-0.1, -0.05) is 240 Å². The lowest BCUT2D eigenvalue weighted by Crippen LogP contribution is -2.11. The van der Waals surface area contributed by atoms with Crippen molar-refractivity contribution in [3.8, 4) is 57.0 Å². The summed E-state index contributed by atoms with van der Waals surface area (Å²) >= 11 is 0. The van der Waals surface area contributed by atoms with E-state index < -0.39 is 0 Å². The topological polar surface area (TPSA) is 84.1 Å². The number of hydrogen-bond acceptors (Lipinski definition) is 7. The second kappa shape index (κ2) is 42.3. The summed E-state index contributed by atoms with van der Waals surface area (Å²) in [4.78, 5) is 0. The van der Waals surface area contributed by atoms with Gasteiger partial charge in [-0.25, -0.2) is 0 Å². The standard InChI is InChI=1S/C75H132N2O6/c1-54(2)25-19-31-60(13)37-43-78-70-49-66(50-71(79-44-38-61(14)32-20-26-55(3)4)74(70)82-47-41-64(17)35-23-29-58(9)10)68-53-69(77-76-68)67-51-72(80-45-39-62(15)33-21-27-56(5)6)75(83-48-42-65(18)36-24-30-59(11)12)73(52-67)81-46-40-63(16)34-22-28-57(7)8/h49-65H,19-48H2,1-18H3,(H,76,77)/t60-,61-,62-,63-,64-,65-/m0/s1. The van der Waals surface area contributed by atoms with E-state index in [0.717, 1.165) is 125 Å². The van der Waals surface area contributed by atoms with Gasteiger partial charge in [0.05, 0.1) is 51.0 Å². The second-order valence-electron chi connectivity index (χ2n) is 29.2. The van der Waals surface area contributed by atoms with Gasteiger partial charge in [0.2, 0.25) is 11.5 Å². The molecule has 1 N–H and O–H groups in total. The molecule has 0 unspecified atom stereocenters. The molecule has 83 heavy (non-hydrogen) atoms. The minimum atomic E-state index is 0.564. The summed E-state index contributed by atoms with van der Waals surface area (Å²) < 4.78 is 41.3. The predicted molar refractivity (Wildman–Crippen MR) is 357 cm³/mol. The number of rotatable bonds is 50. The molecule has 0 saturated carbocycles. The first-order chi connectivity index (χ1) is 39.6. The summed E-state index contributed by atoms with van der Waals surface area (Å²) in [5.74, 6) is 12.1. The van der Waals surface area contributed by atoms with Crippen molar-refractivity contribution in [3.63, 3.8) is 0 Å². The van der Waals surface area contributed by atoms with Crippen LogP contribution >= 0.6 is 0 Å². The van der Waals surface area contributed by atoms with Crippen LogP contribution in [0.4, 0.5) is 0 Å². The van der Waals surface area contributed by atoms with Gasteiger partial charge in [-0.3, -0.25) is 5.10 Å². The number of benzene rings is 2. The number of nitrogens with one attached hydrogen (secondary N) is 1. The van der Waals surface area contributed by atoms with Crippen molar-refractivity contribution < 1.29 is 28.4 Å². The number of ether oxygens (including phenoxy) is 6. The monoisotopic (exact) mass is 1160 g/mol. The van der Waals surface area contributed by atoms with Crippen LogP contribution in [0.1, 0.15) is 279 Å². The fourth-order valence-corrected chi connectivity index (χ4v) is 11.1. The van der Waals surface area contributed by atoms with Crippen LogP contribution in [0.25, 0.3) is 22.5 Å². The third-order valence-corrected chi connectivity index (χ3v) is 17.3. The number of nitrogens with zero attached hydrogens (tertiary/aromatic N) is 1. The zero-order valence-electron chi connectivity index (χ0n) is 57.4. The third-order valence-electron chi connectivity index (χ3n) is 17.3. The molecule has 0 aliphatic heterocycles. The van der Waals surface area contributed by atoms with Gasteiger partial charge in [0.25, 0.3) is 0 Å². The Kier molecular flexibility index (Phi) is 37.6. The van der Waals surface area contributed by atoms with Crippen molar-refractivity contribution >= 4 is 0 Å². The maximum atomic E-state index is 6.89. The molecule has 0 aliphatic carbocycles. The molecule has 0 saturated heterocycles. The molecule has 0 fully saturated rings. The predicted octanol–water partition coefficient (Wildman–Crippen LogP) is 23.1. The SMILES string of the molecule is CC(C)CCC[C@H](C)CCOc1cc(-c2cc(-c3cc(OCC[C@@H](C)CCCC(C)C)c(OCC[C@@H](C)CCCC(C)C)c(OCC[C@@H](C)CCCC(C)C)c3)[nH]n2)cc(OCC[C@@H](C)CCCC(C)C)c1OCC[C@@H](C)CCCC(C)C. The highest BCUT2D eigenvalue weighted by molar-refractivity contribution is 5.75. The molecule has 478 valence electrons. The van der Waals surface area contributed by atoms with E-state index >= 15 is 0 Å². The summed E-state index contributed by atoms with van der Waals surface area (Å²) in [6, 6.07) is 10.7. The average Bonchev–Trinajstić information content (AvgIpc) is 3.26. The van der Waals surface area contributed by atoms with E-state index in [1.807, 2.05) is 0 Å². The molecule has 0 aliphatic rings. The Morgan fingerprint density at radius 2 is 0.506 bits per heavy atom. The van der Waals surface area contributed by atoms with Gasteiger partial charge in [-0.2, -0.15) is 5.10 Å². The highest BCUT2D eigenvalue weighted by Crippen LogP contribution is 2.45. The van der Waals surface area contributed by atoms with Crippen LogP contribution in [-0.4, -0.2) is 49.8 Å². The molecule has 1 aromatic heterocycles. The molecule has 8 nitrogen and oxygen atoms in total. The van der Waals surface area contributed by atoms with Gasteiger partial charge < -0.3 is 28.4 Å². The van der Waals surface area contributed by atoms with Crippen LogP contribution in [-0.2, 0) is 0 Å². The Morgan fingerprint density at radius 1 is 0.277 bits per heavy atom. The first-order valence-electron chi connectivity index (χ1n) is 34.8. The van der Waals surface area contributed by atoms with E-state index in [2.05, 4.69) is 160 Å². The lowest BCUT2D eigenvalue weighted by atomic mass is 9.97. The molecule has 0 amide bonds. The Balaban J connectivity index is 2.15. The minimum absolute atomic E-state index is 0.564. The lowest BCUT2D eigenvalue weighted by molar-refractivity contribution is 0.216. The molecule has 3 aromatic rings. The maximum Gasteiger partial charge on any atom is 0.203 e. The molecule has 0 radical (unpaired) electrons.